The topological polar surface area (TPSA) is 164 Å². The summed E-state index contributed by atoms with van der Waals surface area (Å²) in [5.41, 5.74) is 1.09. The molecule has 0 amide bonds. The molecular weight excluding hydrogens is 388 g/mol. The van der Waals surface area contributed by atoms with E-state index >= 15 is 0 Å². The van der Waals surface area contributed by atoms with Crippen LogP contribution in [0.15, 0.2) is 57.7 Å². The molecule has 0 aliphatic heterocycles. The van der Waals surface area contributed by atoms with Crippen molar-refractivity contribution in [2.45, 2.75) is 0 Å². The molecule has 11 nitrogen and oxygen atoms in total. The van der Waals surface area contributed by atoms with Crippen LogP contribution in [0.3, 0.4) is 0 Å². The molecule has 0 radical (unpaired) electrons. The third-order valence-corrected chi connectivity index (χ3v) is 4.08. The smallest absolute Gasteiger partial charge is 0.367 e. The van der Waals surface area contributed by atoms with Crippen LogP contribution in [0.2, 0.25) is 0 Å². The lowest BCUT2D eigenvalue weighted by Gasteiger charge is -1.99. The summed E-state index contributed by atoms with van der Waals surface area (Å²) in [6, 6.07) is 9.98. The molecule has 0 aliphatic rings. The van der Waals surface area contributed by atoms with Gasteiger partial charge in [-0.2, -0.15) is 10.2 Å². The number of hydrogen-bond donors (Lipinski definition) is 2. The number of carbonyl (C=O) groups is 1. The summed E-state index contributed by atoms with van der Waals surface area (Å²) < 4.78 is 0. The van der Waals surface area contributed by atoms with Gasteiger partial charge in [-0.1, -0.05) is 11.3 Å². The quantitative estimate of drug-likeness (QED) is 0.274. The van der Waals surface area contributed by atoms with Crippen LogP contribution in [0.5, 0.6) is 5.75 Å². The number of aromatic hydroxyl groups is 1. The van der Waals surface area contributed by atoms with Crippen molar-refractivity contribution in [2.75, 3.05) is 0 Å². The van der Waals surface area contributed by atoms with E-state index in [1.807, 2.05) is 0 Å². The molecule has 1 aromatic heterocycles. The minimum Gasteiger partial charge on any atom is -0.507 e. The van der Waals surface area contributed by atoms with Crippen molar-refractivity contribution in [3.05, 3.63) is 63.1 Å². The van der Waals surface area contributed by atoms with Gasteiger partial charge in [-0.3, -0.25) is 10.1 Å². The van der Waals surface area contributed by atoms with Gasteiger partial charge in [0.15, 0.2) is 0 Å². The number of aliphatic imine (C=N–C) groups is 1. The van der Waals surface area contributed by atoms with Gasteiger partial charge in [0.05, 0.1) is 16.3 Å². The number of aromatic nitrogens is 2. The molecule has 0 spiro atoms. The molecule has 0 fully saturated rings. The SMILES string of the molecule is O=C(O)c1nnc(/N=C/c2cc(N=Nc3ccc([N+](=O)[O-])cc3)ccc2O)s1. The monoisotopic (exact) mass is 398 g/mol. The van der Waals surface area contributed by atoms with Gasteiger partial charge in [-0.05, 0) is 30.3 Å². The highest BCUT2D eigenvalue weighted by Gasteiger charge is 2.10. The Labute approximate surface area is 160 Å². The first kappa shape index (κ1) is 18.7. The Morgan fingerprint density at radius 2 is 1.79 bits per heavy atom. The van der Waals surface area contributed by atoms with Gasteiger partial charge >= 0.3 is 5.97 Å². The van der Waals surface area contributed by atoms with E-state index in [2.05, 4.69) is 25.4 Å². The van der Waals surface area contributed by atoms with Crippen LogP contribution in [0, 0.1) is 10.1 Å². The fraction of sp³-hybridized carbons (Fsp3) is 0. The summed E-state index contributed by atoms with van der Waals surface area (Å²) in [5, 5.41) is 44.4. The van der Waals surface area contributed by atoms with Crippen LogP contribution in [-0.2, 0) is 0 Å². The Balaban J connectivity index is 1.77. The average Bonchev–Trinajstić information content (AvgIpc) is 3.16. The number of nitrogens with zero attached hydrogens (tertiary/aromatic N) is 6. The van der Waals surface area contributed by atoms with Crippen molar-refractivity contribution in [3.63, 3.8) is 0 Å². The molecule has 0 aliphatic carbocycles. The second-order valence-corrected chi connectivity index (χ2v) is 6.13. The van der Waals surface area contributed by atoms with Gasteiger partial charge in [-0.15, -0.1) is 10.2 Å². The number of carboxylic acids is 1. The van der Waals surface area contributed by atoms with Crippen molar-refractivity contribution in [3.8, 4) is 5.75 Å². The van der Waals surface area contributed by atoms with Gasteiger partial charge in [0.1, 0.15) is 5.75 Å². The Kier molecular flexibility index (Phi) is 5.41. The molecule has 2 N–H and O–H groups in total. The van der Waals surface area contributed by atoms with Crippen LogP contribution >= 0.6 is 11.3 Å². The number of rotatable bonds is 6. The van der Waals surface area contributed by atoms with Gasteiger partial charge in [0.2, 0.25) is 10.1 Å². The number of carboxylic acid groups (broad SMARTS) is 1. The summed E-state index contributed by atoms with van der Waals surface area (Å²) >= 11 is 0.790. The van der Waals surface area contributed by atoms with Crippen LogP contribution < -0.4 is 0 Å². The number of nitro groups is 1. The largest absolute Gasteiger partial charge is 0.507 e. The lowest BCUT2D eigenvalue weighted by Crippen LogP contribution is -1.93. The highest BCUT2D eigenvalue weighted by molar-refractivity contribution is 7.16. The van der Waals surface area contributed by atoms with E-state index < -0.39 is 10.9 Å². The molecule has 0 atom stereocenters. The van der Waals surface area contributed by atoms with Crippen molar-refractivity contribution in [2.24, 2.45) is 15.2 Å². The second kappa shape index (κ2) is 8.09. The second-order valence-electron chi connectivity index (χ2n) is 5.17. The first-order valence-corrected chi connectivity index (χ1v) is 8.34. The number of hydrogen-bond acceptors (Lipinski definition) is 10. The van der Waals surface area contributed by atoms with Crippen LogP contribution in [0.4, 0.5) is 22.2 Å². The van der Waals surface area contributed by atoms with E-state index in [0.29, 0.717) is 16.9 Å². The molecule has 140 valence electrons. The normalized spacial score (nSPS) is 11.3. The van der Waals surface area contributed by atoms with Crippen molar-refractivity contribution in [1.82, 2.24) is 10.2 Å². The maximum absolute atomic E-state index is 10.8. The maximum atomic E-state index is 10.8. The fourth-order valence-electron chi connectivity index (χ4n) is 1.94. The average molecular weight is 398 g/mol. The van der Waals surface area contributed by atoms with Crippen LogP contribution in [0.25, 0.3) is 0 Å². The Morgan fingerprint density at radius 3 is 2.43 bits per heavy atom. The molecule has 28 heavy (non-hydrogen) atoms. The summed E-state index contributed by atoms with van der Waals surface area (Å²) in [4.78, 5) is 24.9. The molecule has 12 heteroatoms. The number of non-ortho nitro benzene ring substituents is 1. The van der Waals surface area contributed by atoms with E-state index in [-0.39, 0.29) is 21.6 Å². The number of benzene rings is 2. The van der Waals surface area contributed by atoms with Crippen molar-refractivity contribution >= 4 is 45.7 Å². The molecule has 3 rings (SSSR count). The molecule has 0 saturated carbocycles. The van der Waals surface area contributed by atoms with E-state index in [9.17, 15) is 20.0 Å². The summed E-state index contributed by atoms with van der Waals surface area (Å²) in [7, 11) is 0. The molecular formula is C16H10N6O5S. The minimum absolute atomic E-state index is 0.0511. The molecule has 3 aromatic rings. The predicted octanol–water partition coefficient (Wildman–Crippen LogP) is 4.02. The van der Waals surface area contributed by atoms with E-state index in [1.165, 1.54) is 48.7 Å². The summed E-state index contributed by atoms with van der Waals surface area (Å²) in [6.07, 6.45) is 1.30. The zero-order valence-corrected chi connectivity index (χ0v) is 14.6. The Morgan fingerprint density at radius 1 is 1.11 bits per heavy atom. The van der Waals surface area contributed by atoms with Gasteiger partial charge in [0, 0.05) is 23.9 Å². The highest BCUT2D eigenvalue weighted by Crippen LogP contribution is 2.26. The molecule has 2 aromatic carbocycles. The number of aromatic carboxylic acids is 1. The first-order chi connectivity index (χ1) is 13.4. The minimum atomic E-state index is -1.20. The van der Waals surface area contributed by atoms with E-state index in [0.717, 1.165) is 11.3 Å². The first-order valence-electron chi connectivity index (χ1n) is 7.52. The third kappa shape index (κ3) is 4.56. The Bertz CT molecular complexity index is 1090. The number of phenolic OH excluding ortho intramolecular Hbond substituents is 1. The Hall–Kier alpha value is -4.06. The van der Waals surface area contributed by atoms with Crippen molar-refractivity contribution < 1.29 is 19.9 Å². The summed E-state index contributed by atoms with van der Waals surface area (Å²) in [6.45, 7) is 0. The highest BCUT2D eigenvalue weighted by atomic mass is 32.1. The van der Waals surface area contributed by atoms with Gasteiger partial charge < -0.3 is 10.2 Å². The maximum Gasteiger partial charge on any atom is 0.367 e. The van der Waals surface area contributed by atoms with Crippen LogP contribution in [-0.4, -0.2) is 37.5 Å². The molecule has 0 unspecified atom stereocenters. The van der Waals surface area contributed by atoms with E-state index in [4.69, 9.17) is 5.11 Å². The van der Waals surface area contributed by atoms with Crippen molar-refractivity contribution in [1.29, 1.82) is 0 Å². The van der Waals surface area contributed by atoms with Crippen LogP contribution in [0.1, 0.15) is 15.4 Å². The van der Waals surface area contributed by atoms with Gasteiger partial charge in [-0.25, -0.2) is 9.79 Å². The fourth-order valence-corrected chi connectivity index (χ4v) is 2.47. The standard InChI is InChI=1S/C16H10N6O5S/c23-13-6-3-11(19-18-10-1-4-12(5-2-10)22(26)27)7-9(13)8-17-16-21-20-14(28-16)15(24)25/h1-8,23H,(H,24,25)/b17-8+,19-18?. The van der Waals surface area contributed by atoms with Gasteiger partial charge in [0.25, 0.3) is 5.69 Å². The molecule has 0 bridgehead atoms. The zero-order valence-electron chi connectivity index (χ0n) is 13.8. The third-order valence-electron chi connectivity index (χ3n) is 3.26. The summed E-state index contributed by atoms with van der Waals surface area (Å²) in [5.74, 6) is -1.27. The number of nitro benzene ring substituents is 1. The number of phenols is 1. The lowest BCUT2D eigenvalue weighted by molar-refractivity contribution is -0.384. The zero-order chi connectivity index (χ0) is 20.1. The predicted molar refractivity (Wildman–Crippen MR) is 99.5 cm³/mol. The number of azo groups is 1. The molecule has 0 saturated heterocycles. The van der Waals surface area contributed by atoms with E-state index in [1.54, 1.807) is 0 Å². The lowest BCUT2D eigenvalue weighted by atomic mass is 10.2. The molecule has 1 heterocycles.